The van der Waals surface area contributed by atoms with Gasteiger partial charge in [-0.25, -0.2) is 0 Å². The van der Waals surface area contributed by atoms with Crippen molar-refractivity contribution in [3.63, 3.8) is 0 Å². The Morgan fingerprint density at radius 1 is 0.964 bits per heavy atom. The molecule has 0 radical (unpaired) electrons. The molecule has 2 N–H and O–H groups in total. The molecule has 1 aliphatic rings. The van der Waals surface area contributed by atoms with Gasteiger partial charge in [0, 0.05) is 34.3 Å². The molecule has 0 aromatic heterocycles. The zero-order valence-electron chi connectivity index (χ0n) is 16.3. The van der Waals surface area contributed by atoms with Crippen LogP contribution in [0.3, 0.4) is 0 Å². The Hall–Kier alpha value is -2.24. The van der Waals surface area contributed by atoms with Crippen LogP contribution in [-0.4, -0.2) is 79.4 Å². The number of esters is 3. The third kappa shape index (κ3) is 7.79. The molecule has 1 heterocycles. The summed E-state index contributed by atoms with van der Waals surface area (Å²) >= 11 is 0. The molecule has 0 unspecified atom stereocenters. The van der Waals surface area contributed by atoms with E-state index in [2.05, 4.69) is 5.32 Å². The summed E-state index contributed by atoms with van der Waals surface area (Å²) < 4.78 is 26.9. The van der Waals surface area contributed by atoms with Crippen LogP contribution >= 0.6 is 0 Å². The Kier molecular flexibility index (Phi) is 9.83. The summed E-state index contributed by atoms with van der Waals surface area (Å²) in [5, 5.41) is 11.5. The lowest BCUT2D eigenvalue weighted by Gasteiger charge is -2.44. The molecule has 1 rings (SSSR count). The molecular weight excluding hydrogens is 378 g/mol. The van der Waals surface area contributed by atoms with Gasteiger partial charge in [0.1, 0.15) is 18.8 Å². The maximum atomic E-state index is 11.7. The average molecular weight is 405 g/mol. The number of amides is 1. The predicted molar refractivity (Wildman–Crippen MR) is 91.7 cm³/mol. The molecular formula is C17H27NO10. The number of hydrogen-bond acceptors (Lipinski definition) is 10. The van der Waals surface area contributed by atoms with E-state index in [0.29, 0.717) is 6.42 Å². The first kappa shape index (κ1) is 23.8. The molecule has 0 aromatic rings. The van der Waals surface area contributed by atoms with E-state index >= 15 is 0 Å². The third-order valence-corrected chi connectivity index (χ3v) is 3.66. The monoisotopic (exact) mass is 405 g/mol. The molecule has 0 saturated carbocycles. The van der Waals surface area contributed by atoms with Crippen LogP contribution in [0.4, 0.5) is 0 Å². The minimum absolute atomic E-state index is 0.0859. The molecule has 1 fully saturated rings. The zero-order chi connectivity index (χ0) is 21.3. The number of hydrogen-bond donors (Lipinski definition) is 2. The Balaban J connectivity index is 3.21. The highest BCUT2D eigenvalue weighted by Crippen LogP contribution is 2.28. The Morgan fingerprint density at radius 3 is 2.07 bits per heavy atom. The van der Waals surface area contributed by atoms with Crippen molar-refractivity contribution in [2.75, 3.05) is 19.8 Å². The fourth-order valence-electron chi connectivity index (χ4n) is 2.70. The average Bonchev–Trinajstić information content (AvgIpc) is 2.57. The molecule has 0 aromatic carbocycles. The van der Waals surface area contributed by atoms with Gasteiger partial charge < -0.3 is 34.1 Å². The SMILES string of the molecule is CC(=O)N[C@H]1[C@H](OCCCO)O[C@H](COC(C)=O)[C@@H](OC(C)=O)[C@@H]1OC(C)=O. The predicted octanol–water partition coefficient (Wildman–Crippen LogP) is -0.958. The molecule has 1 aliphatic heterocycles. The first-order valence-corrected chi connectivity index (χ1v) is 8.78. The summed E-state index contributed by atoms with van der Waals surface area (Å²) in [5.41, 5.74) is 0. The van der Waals surface area contributed by atoms with Crippen LogP contribution in [0.1, 0.15) is 34.1 Å². The second-order valence-corrected chi connectivity index (χ2v) is 6.17. The largest absolute Gasteiger partial charge is 0.463 e. The number of ether oxygens (including phenoxy) is 5. The molecule has 1 saturated heterocycles. The van der Waals surface area contributed by atoms with Gasteiger partial charge in [-0.2, -0.15) is 0 Å². The van der Waals surface area contributed by atoms with E-state index < -0.39 is 54.5 Å². The summed E-state index contributed by atoms with van der Waals surface area (Å²) in [4.78, 5) is 46.1. The van der Waals surface area contributed by atoms with E-state index in [1.165, 1.54) is 13.8 Å². The van der Waals surface area contributed by atoms with Crippen LogP contribution in [0.25, 0.3) is 0 Å². The lowest BCUT2D eigenvalue weighted by atomic mass is 9.96. The van der Waals surface area contributed by atoms with Gasteiger partial charge in [-0.15, -0.1) is 0 Å². The zero-order valence-corrected chi connectivity index (χ0v) is 16.3. The minimum atomic E-state index is -1.16. The summed E-state index contributed by atoms with van der Waals surface area (Å²) in [6.45, 7) is 4.43. The quantitative estimate of drug-likeness (QED) is 0.279. The lowest BCUT2D eigenvalue weighted by Crippen LogP contribution is -2.66. The summed E-state index contributed by atoms with van der Waals surface area (Å²) in [7, 11) is 0. The van der Waals surface area contributed by atoms with Crippen molar-refractivity contribution in [1.29, 1.82) is 0 Å². The van der Waals surface area contributed by atoms with E-state index in [4.69, 9.17) is 28.8 Å². The van der Waals surface area contributed by atoms with Crippen LogP contribution < -0.4 is 5.32 Å². The molecule has 11 nitrogen and oxygen atoms in total. The van der Waals surface area contributed by atoms with Crippen molar-refractivity contribution in [3.8, 4) is 0 Å². The molecule has 5 atom stereocenters. The van der Waals surface area contributed by atoms with Gasteiger partial charge in [0.25, 0.3) is 0 Å². The molecule has 0 aliphatic carbocycles. The van der Waals surface area contributed by atoms with Gasteiger partial charge in [-0.1, -0.05) is 0 Å². The Morgan fingerprint density at radius 2 is 1.57 bits per heavy atom. The number of carbonyl (C=O) groups excluding carboxylic acids is 4. The second kappa shape index (κ2) is 11.6. The lowest BCUT2D eigenvalue weighted by molar-refractivity contribution is -0.278. The van der Waals surface area contributed by atoms with Crippen molar-refractivity contribution in [3.05, 3.63) is 0 Å². The number of aliphatic hydroxyl groups excluding tert-OH is 1. The third-order valence-electron chi connectivity index (χ3n) is 3.66. The van der Waals surface area contributed by atoms with Crippen molar-refractivity contribution in [2.24, 2.45) is 0 Å². The second-order valence-electron chi connectivity index (χ2n) is 6.17. The first-order valence-electron chi connectivity index (χ1n) is 8.78. The highest BCUT2D eigenvalue weighted by molar-refractivity contribution is 5.73. The van der Waals surface area contributed by atoms with Gasteiger partial charge in [0.2, 0.25) is 5.91 Å². The number of aliphatic hydroxyl groups is 1. The molecule has 11 heteroatoms. The summed E-state index contributed by atoms with van der Waals surface area (Å²) in [6.07, 6.45) is -4.13. The van der Waals surface area contributed by atoms with E-state index in [1.807, 2.05) is 0 Å². The topological polar surface area (TPSA) is 147 Å². The van der Waals surface area contributed by atoms with Crippen LogP contribution in [0.5, 0.6) is 0 Å². The van der Waals surface area contributed by atoms with Crippen LogP contribution in [0.2, 0.25) is 0 Å². The Labute approximate surface area is 162 Å². The normalized spacial score (nSPS) is 26.8. The molecule has 0 spiro atoms. The smallest absolute Gasteiger partial charge is 0.303 e. The van der Waals surface area contributed by atoms with Crippen LogP contribution in [0.15, 0.2) is 0 Å². The van der Waals surface area contributed by atoms with Gasteiger partial charge >= 0.3 is 17.9 Å². The van der Waals surface area contributed by atoms with E-state index in [1.54, 1.807) is 0 Å². The van der Waals surface area contributed by atoms with Crippen LogP contribution in [0, 0.1) is 0 Å². The van der Waals surface area contributed by atoms with Crippen molar-refractivity contribution in [2.45, 2.75) is 64.8 Å². The van der Waals surface area contributed by atoms with Crippen molar-refractivity contribution >= 4 is 23.8 Å². The first-order chi connectivity index (χ1) is 13.1. The van der Waals surface area contributed by atoms with E-state index in [9.17, 15) is 19.2 Å². The Bertz CT molecular complexity index is 566. The molecule has 1 amide bonds. The maximum absolute atomic E-state index is 11.7. The number of nitrogens with one attached hydrogen (secondary N) is 1. The van der Waals surface area contributed by atoms with E-state index in [0.717, 1.165) is 13.8 Å². The van der Waals surface area contributed by atoms with Crippen molar-refractivity contribution < 1.29 is 48.0 Å². The fourth-order valence-corrected chi connectivity index (χ4v) is 2.70. The van der Waals surface area contributed by atoms with Gasteiger partial charge in [0.15, 0.2) is 18.5 Å². The summed E-state index contributed by atoms with van der Waals surface area (Å²) in [6, 6.07) is -1.00. The standard InChI is InChI=1S/C17H27NO10/c1-9(20)18-14-16(27-12(4)23)15(26-11(3)22)13(8-25-10(2)21)28-17(14)24-7-5-6-19/h13-17,19H,5-8H2,1-4H3,(H,18,20)/t13-,14-,15-,16-,17-/m1/s1. The summed E-state index contributed by atoms with van der Waals surface area (Å²) in [5.74, 6) is -2.41. The highest BCUT2D eigenvalue weighted by Gasteiger charge is 2.51. The minimum Gasteiger partial charge on any atom is -0.463 e. The van der Waals surface area contributed by atoms with Crippen LogP contribution in [-0.2, 0) is 42.9 Å². The highest BCUT2D eigenvalue weighted by atomic mass is 16.7. The number of rotatable bonds is 9. The molecule has 28 heavy (non-hydrogen) atoms. The molecule has 160 valence electrons. The van der Waals surface area contributed by atoms with Gasteiger partial charge in [-0.05, 0) is 6.42 Å². The molecule has 0 bridgehead atoms. The number of carbonyl (C=O) groups is 4. The van der Waals surface area contributed by atoms with Gasteiger partial charge in [0.05, 0.1) is 6.61 Å². The van der Waals surface area contributed by atoms with Gasteiger partial charge in [-0.3, -0.25) is 19.2 Å². The fraction of sp³-hybridized carbons (Fsp3) is 0.765. The maximum Gasteiger partial charge on any atom is 0.303 e. The van der Waals surface area contributed by atoms with E-state index in [-0.39, 0.29) is 19.8 Å². The van der Waals surface area contributed by atoms with Crippen molar-refractivity contribution in [1.82, 2.24) is 5.32 Å².